The van der Waals surface area contributed by atoms with Crippen LogP contribution in [0.25, 0.3) is 0 Å². The van der Waals surface area contributed by atoms with Gasteiger partial charge in [0, 0.05) is 36.6 Å². The van der Waals surface area contributed by atoms with E-state index >= 15 is 0 Å². The number of nitrogens with one attached hydrogen (secondary N) is 1. The fourth-order valence-electron chi connectivity index (χ4n) is 2.15. The van der Waals surface area contributed by atoms with Gasteiger partial charge in [0.05, 0.1) is 11.5 Å². The minimum Gasteiger partial charge on any atom is -0.306 e. The maximum Gasteiger partial charge on any atom is 0.269 e. The first kappa shape index (κ1) is 14.2. The van der Waals surface area contributed by atoms with E-state index in [9.17, 15) is 10.1 Å². The molecule has 0 amide bonds. The lowest BCUT2D eigenvalue weighted by molar-refractivity contribution is -0.384. The second-order valence-electron chi connectivity index (χ2n) is 4.87. The summed E-state index contributed by atoms with van der Waals surface area (Å²) in [5, 5.41) is 18.2. The van der Waals surface area contributed by atoms with Gasteiger partial charge in [-0.2, -0.15) is 5.10 Å². The van der Waals surface area contributed by atoms with Crippen molar-refractivity contribution in [1.82, 2.24) is 15.1 Å². The number of nitro benzene ring substituents is 1. The first-order chi connectivity index (χ1) is 9.56. The first-order valence-corrected chi connectivity index (χ1v) is 6.54. The summed E-state index contributed by atoms with van der Waals surface area (Å²) in [7, 11) is 0. The van der Waals surface area contributed by atoms with Gasteiger partial charge in [0.15, 0.2) is 0 Å². The van der Waals surface area contributed by atoms with E-state index in [4.69, 9.17) is 0 Å². The van der Waals surface area contributed by atoms with Gasteiger partial charge < -0.3 is 5.32 Å². The van der Waals surface area contributed by atoms with Crippen molar-refractivity contribution >= 4 is 5.69 Å². The summed E-state index contributed by atoms with van der Waals surface area (Å²) >= 11 is 0. The molecule has 0 fully saturated rings. The molecule has 6 heteroatoms. The molecule has 2 rings (SSSR count). The highest BCUT2D eigenvalue weighted by Gasteiger charge is 2.12. The Morgan fingerprint density at radius 2 is 2.05 bits per heavy atom. The normalized spacial score (nSPS) is 13.9. The molecule has 1 N–H and O–H groups in total. The molecule has 0 radical (unpaired) electrons. The first-order valence-electron chi connectivity index (χ1n) is 6.54. The zero-order valence-corrected chi connectivity index (χ0v) is 11.6. The minimum atomic E-state index is -0.387. The van der Waals surface area contributed by atoms with Gasteiger partial charge in [0.2, 0.25) is 0 Å². The van der Waals surface area contributed by atoms with Crippen molar-refractivity contribution in [3.63, 3.8) is 0 Å². The SMILES string of the molecule is CC(Cn1cccn1)NC(C)c1ccc([N+](=O)[O-])cc1. The predicted molar refractivity (Wildman–Crippen MR) is 76.3 cm³/mol. The lowest BCUT2D eigenvalue weighted by Gasteiger charge is -2.20. The van der Waals surface area contributed by atoms with Crippen molar-refractivity contribution in [1.29, 1.82) is 0 Å². The monoisotopic (exact) mass is 274 g/mol. The van der Waals surface area contributed by atoms with E-state index in [1.165, 1.54) is 12.1 Å². The zero-order chi connectivity index (χ0) is 14.5. The number of aromatic nitrogens is 2. The lowest BCUT2D eigenvalue weighted by atomic mass is 10.1. The highest BCUT2D eigenvalue weighted by molar-refractivity contribution is 5.34. The van der Waals surface area contributed by atoms with Gasteiger partial charge in [-0.15, -0.1) is 0 Å². The molecule has 106 valence electrons. The van der Waals surface area contributed by atoms with Gasteiger partial charge in [0.25, 0.3) is 5.69 Å². The number of hydrogen-bond donors (Lipinski definition) is 1. The highest BCUT2D eigenvalue weighted by Crippen LogP contribution is 2.17. The van der Waals surface area contributed by atoms with Crippen LogP contribution in [-0.2, 0) is 6.54 Å². The summed E-state index contributed by atoms with van der Waals surface area (Å²) in [6.45, 7) is 4.91. The number of benzene rings is 1. The van der Waals surface area contributed by atoms with Crippen LogP contribution in [0.5, 0.6) is 0 Å². The van der Waals surface area contributed by atoms with E-state index in [1.807, 2.05) is 23.9 Å². The molecule has 0 aliphatic heterocycles. The Bertz CT molecular complexity index is 551. The number of nitro groups is 1. The van der Waals surface area contributed by atoms with E-state index in [0.29, 0.717) is 0 Å². The average molecular weight is 274 g/mol. The van der Waals surface area contributed by atoms with Crippen molar-refractivity contribution in [3.05, 3.63) is 58.4 Å². The van der Waals surface area contributed by atoms with E-state index in [1.54, 1.807) is 18.3 Å². The molecule has 6 nitrogen and oxygen atoms in total. The summed E-state index contributed by atoms with van der Waals surface area (Å²) in [5.74, 6) is 0. The lowest BCUT2D eigenvalue weighted by Crippen LogP contribution is -2.32. The van der Waals surface area contributed by atoms with Crippen LogP contribution in [0.2, 0.25) is 0 Å². The standard InChI is InChI=1S/C14H18N4O2/c1-11(10-17-9-3-8-15-17)16-12(2)13-4-6-14(7-5-13)18(19)20/h3-9,11-12,16H,10H2,1-2H3. The largest absolute Gasteiger partial charge is 0.306 e. The van der Waals surface area contributed by atoms with Crippen LogP contribution in [0.15, 0.2) is 42.7 Å². The Labute approximate surface area is 117 Å². The number of non-ortho nitro benzene ring substituents is 1. The molecule has 1 aromatic heterocycles. The molecular weight excluding hydrogens is 256 g/mol. The van der Waals surface area contributed by atoms with E-state index in [2.05, 4.69) is 17.3 Å². The second-order valence-corrected chi connectivity index (χ2v) is 4.87. The molecule has 0 saturated carbocycles. The van der Waals surface area contributed by atoms with Gasteiger partial charge in [-0.25, -0.2) is 0 Å². The van der Waals surface area contributed by atoms with Crippen molar-refractivity contribution < 1.29 is 4.92 Å². The van der Waals surface area contributed by atoms with Crippen molar-refractivity contribution in [2.24, 2.45) is 0 Å². The van der Waals surface area contributed by atoms with Crippen LogP contribution in [0, 0.1) is 10.1 Å². The Morgan fingerprint density at radius 3 is 2.60 bits per heavy atom. The highest BCUT2D eigenvalue weighted by atomic mass is 16.6. The van der Waals surface area contributed by atoms with Crippen LogP contribution < -0.4 is 5.32 Å². The molecule has 1 aromatic carbocycles. The van der Waals surface area contributed by atoms with Gasteiger partial charge in [0.1, 0.15) is 0 Å². The molecular formula is C14H18N4O2. The third kappa shape index (κ3) is 3.64. The summed E-state index contributed by atoms with van der Waals surface area (Å²) < 4.78 is 1.88. The van der Waals surface area contributed by atoms with Gasteiger partial charge >= 0.3 is 0 Å². The predicted octanol–water partition coefficient (Wildman–Crippen LogP) is 2.53. The Balaban J connectivity index is 1.93. The van der Waals surface area contributed by atoms with Crippen LogP contribution in [0.3, 0.4) is 0 Å². The van der Waals surface area contributed by atoms with Crippen molar-refractivity contribution in [2.45, 2.75) is 32.5 Å². The maximum absolute atomic E-state index is 10.6. The molecule has 0 bridgehead atoms. The fraction of sp³-hybridized carbons (Fsp3) is 0.357. The quantitative estimate of drug-likeness (QED) is 0.649. The molecule has 0 spiro atoms. The summed E-state index contributed by atoms with van der Waals surface area (Å²) in [6, 6.07) is 8.91. The second kappa shape index (κ2) is 6.29. The van der Waals surface area contributed by atoms with Gasteiger partial charge in [-0.1, -0.05) is 12.1 Å². The fourth-order valence-corrected chi connectivity index (χ4v) is 2.15. The summed E-state index contributed by atoms with van der Waals surface area (Å²) in [5.41, 5.74) is 1.15. The third-order valence-corrected chi connectivity index (χ3v) is 3.16. The average Bonchev–Trinajstić information content (AvgIpc) is 2.91. The molecule has 1 heterocycles. The Kier molecular flexibility index (Phi) is 4.47. The van der Waals surface area contributed by atoms with Crippen LogP contribution in [0.4, 0.5) is 5.69 Å². The summed E-state index contributed by atoms with van der Waals surface area (Å²) in [6.07, 6.45) is 3.68. The maximum atomic E-state index is 10.6. The van der Waals surface area contributed by atoms with Gasteiger partial charge in [-0.3, -0.25) is 14.8 Å². The number of rotatable bonds is 6. The molecule has 0 aliphatic carbocycles. The van der Waals surface area contributed by atoms with Crippen LogP contribution in [-0.4, -0.2) is 20.7 Å². The smallest absolute Gasteiger partial charge is 0.269 e. The van der Waals surface area contributed by atoms with Gasteiger partial charge in [-0.05, 0) is 25.5 Å². The number of hydrogen-bond acceptors (Lipinski definition) is 4. The molecule has 0 saturated heterocycles. The van der Waals surface area contributed by atoms with Crippen molar-refractivity contribution in [2.75, 3.05) is 0 Å². The Hall–Kier alpha value is -2.21. The Morgan fingerprint density at radius 1 is 1.35 bits per heavy atom. The molecule has 0 aliphatic rings. The molecule has 2 unspecified atom stereocenters. The molecule has 2 aromatic rings. The zero-order valence-electron chi connectivity index (χ0n) is 11.6. The number of nitrogens with zero attached hydrogens (tertiary/aromatic N) is 3. The van der Waals surface area contributed by atoms with Crippen LogP contribution >= 0.6 is 0 Å². The van der Waals surface area contributed by atoms with Crippen LogP contribution in [0.1, 0.15) is 25.5 Å². The minimum absolute atomic E-state index is 0.116. The third-order valence-electron chi connectivity index (χ3n) is 3.16. The van der Waals surface area contributed by atoms with Crippen molar-refractivity contribution in [3.8, 4) is 0 Å². The molecule has 2 atom stereocenters. The van der Waals surface area contributed by atoms with E-state index < -0.39 is 0 Å². The topological polar surface area (TPSA) is 73.0 Å². The van der Waals surface area contributed by atoms with E-state index in [-0.39, 0.29) is 22.7 Å². The van der Waals surface area contributed by atoms with E-state index in [0.717, 1.165) is 12.1 Å². The molecule has 20 heavy (non-hydrogen) atoms. The summed E-state index contributed by atoms with van der Waals surface area (Å²) in [4.78, 5) is 10.2.